The largest absolute Gasteiger partial charge is 0.316 e. The first kappa shape index (κ1) is 16.9. The normalized spacial score (nSPS) is 11.5. The molecule has 1 N–H and O–H groups in total. The summed E-state index contributed by atoms with van der Waals surface area (Å²) >= 11 is 2.96. The maximum absolute atomic E-state index is 13.3. The zero-order valence-corrected chi connectivity index (χ0v) is 14.6. The Morgan fingerprint density at radius 2 is 2.18 bits per heavy atom. The molecule has 0 aliphatic rings. The van der Waals surface area contributed by atoms with Crippen LogP contribution in [0.15, 0.2) is 18.5 Å². The molecule has 2 rings (SSSR count). The monoisotopic (exact) mass is 339 g/mol. The van der Waals surface area contributed by atoms with Gasteiger partial charge in [-0.05, 0) is 19.2 Å². The summed E-state index contributed by atoms with van der Waals surface area (Å²) in [6.07, 6.45) is 4.68. The molecule has 0 saturated heterocycles. The van der Waals surface area contributed by atoms with Crippen molar-refractivity contribution >= 4 is 34.0 Å². The minimum Gasteiger partial charge on any atom is -0.316 e. The fraction of sp³-hybridized carbons (Fsp3) is 0.400. The van der Waals surface area contributed by atoms with Crippen molar-refractivity contribution in [3.63, 3.8) is 0 Å². The number of hydrogen-bond donors (Lipinski definition) is 1. The van der Waals surface area contributed by atoms with Gasteiger partial charge in [0.25, 0.3) is 0 Å². The van der Waals surface area contributed by atoms with Crippen LogP contribution in [0.5, 0.6) is 0 Å². The number of thioether (sulfide) groups is 1. The molecule has 2 aromatic rings. The molecule has 0 fully saturated rings. The van der Waals surface area contributed by atoms with E-state index in [0.717, 1.165) is 17.6 Å². The molecule has 0 unspecified atom stereocenters. The lowest BCUT2D eigenvalue weighted by atomic mass is 9.95. The van der Waals surface area contributed by atoms with Crippen LogP contribution in [0.25, 0.3) is 10.6 Å². The van der Waals surface area contributed by atoms with Gasteiger partial charge >= 0.3 is 0 Å². The van der Waals surface area contributed by atoms with Gasteiger partial charge in [0, 0.05) is 17.5 Å². The van der Waals surface area contributed by atoms with E-state index in [1.807, 2.05) is 27.0 Å². The number of carbonyl (C=O) groups is 1. The predicted octanol–water partition coefficient (Wildman–Crippen LogP) is 3.98. The number of nitrogens with one attached hydrogen (secondary N) is 1. The van der Waals surface area contributed by atoms with Gasteiger partial charge in [-0.1, -0.05) is 25.2 Å². The lowest BCUT2D eigenvalue weighted by Gasteiger charge is -2.21. The molecule has 7 heteroatoms. The Bertz CT molecular complexity index is 685. The van der Waals surface area contributed by atoms with Crippen molar-refractivity contribution in [1.29, 1.82) is 0 Å². The number of thiazole rings is 1. The van der Waals surface area contributed by atoms with Crippen LogP contribution in [0.4, 0.5) is 9.39 Å². The third kappa shape index (κ3) is 3.84. The summed E-state index contributed by atoms with van der Waals surface area (Å²) in [6, 6.07) is 1.38. The lowest BCUT2D eigenvalue weighted by molar-refractivity contribution is -0.122. The van der Waals surface area contributed by atoms with Crippen LogP contribution in [0, 0.1) is 18.2 Å². The van der Waals surface area contributed by atoms with Gasteiger partial charge in [-0.3, -0.25) is 9.78 Å². The van der Waals surface area contributed by atoms with Gasteiger partial charge in [0.1, 0.15) is 15.8 Å². The van der Waals surface area contributed by atoms with Crippen LogP contribution in [-0.2, 0) is 4.79 Å². The number of rotatable bonds is 5. The summed E-state index contributed by atoms with van der Waals surface area (Å²) in [4.78, 5) is 20.6. The molecule has 4 nitrogen and oxygen atoms in total. The number of pyridine rings is 1. The molecular formula is C15H18FN3OS2. The number of halogens is 1. The van der Waals surface area contributed by atoms with E-state index in [1.54, 1.807) is 18.0 Å². The average molecular weight is 339 g/mol. The lowest BCUT2D eigenvalue weighted by Crippen LogP contribution is -2.32. The Balaban J connectivity index is 2.22. The van der Waals surface area contributed by atoms with Gasteiger partial charge in [-0.25, -0.2) is 9.37 Å². The molecule has 2 heterocycles. The summed E-state index contributed by atoms with van der Waals surface area (Å²) in [7, 11) is 0. The van der Waals surface area contributed by atoms with E-state index in [2.05, 4.69) is 15.3 Å². The number of hydrogen-bond acceptors (Lipinski definition) is 5. The summed E-state index contributed by atoms with van der Waals surface area (Å²) in [5.41, 5.74) is 0.866. The molecule has 118 valence electrons. The highest BCUT2D eigenvalue weighted by atomic mass is 32.2. The topological polar surface area (TPSA) is 54.9 Å². The fourth-order valence-electron chi connectivity index (χ4n) is 1.86. The summed E-state index contributed by atoms with van der Waals surface area (Å²) < 4.78 is 13.3. The molecule has 1 amide bonds. The van der Waals surface area contributed by atoms with Crippen molar-refractivity contribution in [2.45, 2.75) is 20.8 Å². The van der Waals surface area contributed by atoms with Crippen LogP contribution in [0.2, 0.25) is 0 Å². The van der Waals surface area contributed by atoms with Crippen molar-refractivity contribution < 1.29 is 9.18 Å². The quantitative estimate of drug-likeness (QED) is 0.895. The van der Waals surface area contributed by atoms with Crippen LogP contribution >= 0.6 is 23.1 Å². The van der Waals surface area contributed by atoms with Crippen molar-refractivity contribution in [2.75, 3.05) is 17.3 Å². The molecular weight excluding hydrogens is 321 g/mol. The Morgan fingerprint density at radius 1 is 1.45 bits per heavy atom. The first-order valence-corrected chi connectivity index (χ1v) is 8.93. The highest BCUT2D eigenvalue weighted by Gasteiger charge is 2.28. The van der Waals surface area contributed by atoms with Gasteiger partial charge in [-0.15, -0.1) is 0 Å². The van der Waals surface area contributed by atoms with Gasteiger partial charge in [0.05, 0.1) is 17.3 Å². The summed E-state index contributed by atoms with van der Waals surface area (Å²) in [5, 5.41) is 4.26. The Morgan fingerprint density at radius 3 is 2.82 bits per heavy atom. The molecule has 0 aromatic carbocycles. The molecule has 0 bridgehead atoms. The van der Waals surface area contributed by atoms with Crippen LogP contribution in [-0.4, -0.2) is 27.9 Å². The smallest absolute Gasteiger partial charge is 0.231 e. The number of anilines is 1. The minimum atomic E-state index is -0.462. The zero-order chi connectivity index (χ0) is 16.3. The van der Waals surface area contributed by atoms with E-state index in [0.29, 0.717) is 15.6 Å². The van der Waals surface area contributed by atoms with Gasteiger partial charge in [-0.2, -0.15) is 11.8 Å². The molecule has 0 saturated carbocycles. The second kappa shape index (κ2) is 6.75. The molecule has 0 atom stereocenters. The second-order valence-electron chi connectivity index (χ2n) is 5.60. The third-order valence-electron chi connectivity index (χ3n) is 3.10. The number of aromatic nitrogens is 2. The van der Waals surface area contributed by atoms with Crippen molar-refractivity contribution in [1.82, 2.24) is 9.97 Å². The van der Waals surface area contributed by atoms with Crippen molar-refractivity contribution in [3.05, 3.63) is 30.0 Å². The first-order chi connectivity index (χ1) is 10.3. The highest BCUT2D eigenvalue weighted by Crippen LogP contribution is 2.33. The third-order valence-corrected chi connectivity index (χ3v) is 5.23. The number of amides is 1. The Kier molecular flexibility index (Phi) is 5.18. The first-order valence-electron chi connectivity index (χ1n) is 6.72. The van der Waals surface area contributed by atoms with E-state index in [4.69, 9.17) is 0 Å². The fourth-order valence-corrected chi connectivity index (χ4v) is 3.66. The van der Waals surface area contributed by atoms with Gasteiger partial charge in [0.15, 0.2) is 0 Å². The maximum Gasteiger partial charge on any atom is 0.231 e. The van der Waals surface area contributed by atoms with Gasteiger partial charge < -0.3 is 5.32 Å². The van der Waals surface area contributed by atoms with Crippen molar-refractivity contribution in [2.24, 2.45) is 5.41 Å². The molecule has 2 aromatic heterocycles. The SMILES string of the molecule is CSCC(C)(C)C(=O)Nc1sc(-c2cncc(F)c2)nc1C. The standard InChI is InChI=1S/C15H18FN3OS2/c1-9-12(19-14(20)15(2,3)8-21-4)22-13(18-9)10-5-11(16)7-17-6-10/h5-7H,8H2,1-4H3,(H,19,20). The number of nitrogens with zero attached hydrogens (tertiary/aromatic N) is 2. The maximum atomic E-state index is 13.3. The minimum absolute atomic E-state index is 0.0440. The van der Waals surface area contributed by atoms with Gasteiger partial charge in [0.2, 0.25) is 5.91 Å². The number of carbonyl (C=O) groups excluding carboxylic acids is 1. The van der Waals surface area contributed by atoms with E-state index in [-0.39, 0.29) is 5.91 Å². The number of aryl methyl sites for hydroxylation is 1. The van der Waals surface area contributed by atoms with Crippen LogP contribution in [0.3, 0.4) is 0 Å². The summed E-state index contributed by atoms with van der Waals surface area (Å²) in [6.45, 7) is 5.64. The molecule has 0 aliphatic heterocycles. The highest BCUT2D eigenvalue weighted by molar-refractivity contribution is 7.98. The predicted molar refractivity (Wildman–Crippen MR) is 90.8 cm³/mol. The van der Waals surface area contributed by atoms with E-state index < -0.39 is 11.2 Å². The molecule has 0 aliphatic carbocycles. The van der Waals surface area contributed by atoms with E-state index >= 15 is 0 Å². The molecule has 22 heavy (non-hydrogen) atoms. The Hall–Kier alpha value is -1.47. The molecule has 0 spiro atoms. The van der Waals surface area contributed by atoms with Crippen LogP contribution < -0.4 is 5.32 Å². The molecule has 0 radical (unpaired) electrons. The summed E-state index contributed by atoms with van der Waals surface area (Å²) in [5.74, 6) is 0.284. The van der Waals surface area contributed by atoms with E-state index in [9.17, 15) is 9.18 Å². The van der Waals surface area contributed by atoms with Crippen LogP contribution in [0.1, 0.15) is 19.5 Å². The average Bonchev–Trinajstić information content (AvgIpc) is 2.80. The Labute approximate surface area is 137 Å². The second-order valence-corrected chi connectivity index (χ2v) is 7.46. The van der Waals surface area contributed by atoms with E-state index in [1.165, 1.54) is 17.4 Å². The zero-order valence-electron chi connectivity index (χ0n) is 12.9. The van der Waals surface area contributed by atoms with Crippen molar-refractivity contribution in [3.8, 4) is 10.6 Å².